The monoisotopic (exact) mass is 535 g/mol. The molecule has 3 N–H and O–H groups in total. The van der Waals surface area contributed by atoms with Crippen molar-refractivity contribution in [3.8, 4) is 0 Å². The van der Waals surface area contributed by atoms with Crippen LogP contribution in [0.3, 0.4) is 0 Å². The Labute approximate surface area is 228 Å². The van der Waals surface area contributed by atoms with Crippen LogP contribution in [0.1, 0.15) is 37.9 Å². The Bertz CT molecular complexity index is 1400. The molecule has 0 aliphatic carbocycles. The third-order valence-corrected chi connectivity index (χ3v) is 6.06. The summed E-state index contributed by atoms with van der Waals surface area (Å²) in [6.07, 6.45) is 4.13. The molecule has 0 saturated heterocycles. The number of anilines is 1. The van der Waals surface area contributed by atoms with Crippen LogP contribution in [0, 0.1) is 5.92 Å². The molecular weight excluding hydrogens is 498 g/mol. The van der Waals surface area contributed by atoms with E-state index in [9.17, 15) is 19.2 Å². The molecule has 0 fully saturated rings. The number of hydrogen-bond acceptors (Lipinski definition) is 5. The van der Waals surface area contributed by atoms with E-state index in [0.717, 1.165) is 23.0 Å². The number of nitrogens with one attached hydrogen (secondary N) is 3. The van der Waals surface area contributed by atoms with E-state index in [0.29, 0.717) is 18.9 Å². The van der Waals surface area contributed by atoms with E-state index in [1.54, 1.807) is 18.3 Å². The largest absolute Gasteiger partial charge is 0.436 e. The van der Waals surface area contributed by atoms with Gasteiger partial charge >= 0.3 is 6.09 Å². The van der Waals surface area contributed by atoms with Crippen LogP contribution in [0.4, 0.5) is 10.5 Å². The number of benzene rings is 1. The van der Waals surface area contributed by atoms with Crippen LogP contribution in [-0.2, 0) is 27.3 Å². The van der Waals surface area contributed by atoms with E-state index >= 15 is 0 Å². The van der Waals surface area contributed by atoms with Gasteiger partial charge in [0.2, 0.25) is 5.91 Å². The Hall–Kier alpha value is -4.34. The third kappa shape index (κ3) is 8.07. The lowest BCUT2D eigenvalue weighted by atomic mass is 10.0. The number of H-pyrrole nitrogens is 1. The van der Waals surface area contributed by atoms with E-state index in [1.165, 1.54) is 48.3 Å². The average molecular weight is 536 g/mol. The van der Waals surface area contributed by atoms with Crippen molar-refractivity contribution >= 4 is 34.5 Å². The van der Waals surface area contributed by atoms with E-state index in [4.69, 9.17) is 4.74 Å². The van der Waals surface area contributed by atoms with Gasteiger partial charge in [-0.25, -0.2) is 4.79 Å². The summed E-state index contributed by atoms with van der Waals surface area (Å²) in [5.41, 5.74) is 2.85. The summed E-state index contributed by atoms with van der Waals surface area (Å²) in [6.45, 7) is 4.65. The van der Waals surface area contributed by atoms with Gasteiger partial charge in [-0.3, -0.25) is 14.4 Å². The number of hydrogen-bond donors (Lipinski definition) is 3. The second-order valence-electron chi connectivity index (χ2n) is 9.98. The number of carbonyl (C=O) groups is 3. The first kappa shape index (κ1) is 29.2. The standard InChI is InChI=1S/C29H37N5O5/c1-19(2)16-20-10-8-11-21-17-22(31-26(20)21)18-34-15-9-12-23(28(34)37)32-27(36)24(39-29(38)33(4)5)13-6-7-14-25(35)30-3/h7-12,14-15,17,19,24,31H,6,13,16,18H2,1-5H3,(H,30,35)(H,32,36)/b14-7+/t24-/m0/s1. The molecule has 0 aliphatic heterocycles. The summed E-state index contributed by atoms with van der Waals surface area (Å²) < 4.78 is 6.85. The highest BCUT2D eigenvalue weighted by Crippen LogP contribution is 2.22. The van der Waals surface area contributed by atoms with Gasteiger partial charge in [0.05, 0.1) is 6.54 Å². The topological polar surface area (TPSA) is 126 Å². The Kier molecular flexibility index (Phi) is 10.1. The second kappa shape index (κ2) is 13.5. The smallest absolute Gasteiger partial charge is 0.410 e. The maximum atomic E-state index is 13.2. The van der Waals surface area contributed by atoms with E-state index < -0.39 is 18.1 Å². The first-order valence-electron chi connectivity index (χ1n) is 12.9. The quantitative estimate of drug-likeness (QED) is 0.323. The summed E-state index contributed by atoms with van der Waals surface area (Å²) in [5.74, 6) is -0.396. The first-order valence-corrected chi connectivity index (χ1v) is 12.9. The molecule has 39 heavy (non-hydrogen) atoms. The fraction of sp³-hybridized carbons (Fsp3) is 0.379. The fourth-order valence-corrected chi connectivity index (χ4v) is 4.12. The lowest BCUT2D eigenvalue weighted by Crippen LogP contribution is -2.37. The highest BCUT2D eigenvalue weighted by molar-refractivity contribution is 5.95. The minimum Gasteiger partial charge on any atom is -0.436 e. The lowest BCUT2D eigenvalue weighted by molar-refractivity contribution is -0.125. The van der Waals surface area contributed by atoms with Crippen LogP contribution in [0.5, 0.6) is 0 Å². The molecule has 3 aromatic rings. The average Bonchev–Trinajstić information content (AvgIpc) is 3.31. The van der Waals surface area contributed by atoms with Crippen molar-refractivity contribution < 1.29 is 19.1 Å². The van der Waals surface area contributed by atoms with Gasteiger partial charge in [0.1, 0.15) is 5.69 Å². The van der Waals surface area contributed by atoms with Gasteiger partial charge in [0.15, 0.2) is 6.10 Å². The molecular formula is C29H37N5O5. The number of amides is 3. The van der Waals surface area contributed by atoms with Crippen LogP contribution < -0.4 is 16.2 Å². The van der Waals surface area contributed by atoms with Gasteiger partial charge in [-0.05, 0) is 60.4 Å². The van der Waals surface area contributed by atoms with Crippen molar-refractivity contribution in [2.24, 2.45) is 5.92 Å². The number of carbonyl (C=O) groups excluding carboxylic acids is 3. The highest BCUT2D eigenvalue weighted by atomic mass is 16.6. The van der Waals surface area contributed by atoms with E-state index in [-0.39, 0.29) is 23.6 Å². The maximum absolute atomic E-state index is 13.2. The van der Waals surface area contributed by atoms with Crippen molar-refractivity contribution in [3.05, 3.63) is 76.4 Å². The SMILES string of the molecule is CNC(=O)/C=C/CC[C@H](OC(=O)N(C)C)C(=O)Nc1cccn(Cc2cc3cccc(CC(C)C)c3[nH]2)c1=O. The summed E-state index contributed by atoms with van der Waals surface area (Å²) >= 11 is 0. The van der Waals surface area contributed by atoms with Crippen molar-refractivity contribution in [2.75, 3.05) is 26.5 Å². The third-order valence-electron chi connectivity index (χ3n) is 6.06. The zero-order chi connectivity index (χ0) is 28.5. The van der Waals surface area contributed by atoms with Crippen LogP contribution in [-0.4, -0.2) is 59.6 Å². The van der Waals surface area contributed by atoms with Gasteiger partial charge in [0, 0.05) is 38.6 Å². The zero-order valence-electron chi connectivity index (χ0n) is 23.1. The number of aromatic amines is 1. The Morgan fingerprint density at radius 1 is 1.15 bits per heavy atom. The molecule has 0 unspecified atom stereocenters. The molecule has 10 nitrogen and oxygen atoms in total. The normalized spacial score (nSPS) is 12.1. The minimum atomic E-state index is -1.16. The van der Waals surface area contributed by atoms with E-state index in [1.807, 2.05) is 18.2 Å². The van der Waals surface area contributed by atoms with Crippen LogP contribution in [0.25, 0.3) is 10.9 Å². The molecule has 0 radical (unpaired) electrons. The molecule has 2 aromatic heterocycles. The van der Waals surface area contributed by atoms with Crippen LogP contribution >= 0.6 is 0 Å². The summed E-state index contributed by atoms with van der Waals surface area (Å²) in [6, 6.07) is 11.4. The Morgan fingerprint density at radius 3 is 2.62 bits per heavy atom. The van der Waals surface area contributed by atoms with E-state index in [2.05, 4.69) is 35.5 Å². The first-order chi connectivity index (χ1) is 18.6. The van der Waals surface area contributed by atoms with Crippen molar-refractivity contribution in [2.45, 2.75) is 45.8 Å². The second-order valence-corrected chi connectivity index (χ2v) is 9.98. The number of likely N-dealkylation sites (N-methyl/N-ethyl adjacent to an activating group) is 1. The molecule has 10 heteroatoms. The molecule has 1 atom stereocenters. The van der Waals surface area contributed by atoms with Crippen LogP contribution in [0.2, 0.25) is 0 Å². The molecule has 0 bridgehead atoms. The van der Waals surface area contributed by atoms with Crippen molar-refractivity contribution in [3.63, 3.8) is 0 Å². The number of aromatic nitrogens is 2. The van der Waals surface area contributed by atoms with Crippen LogP contribution in [0.15, 0.2) is 59.5 Å². The molecule has 2 heterocycles. The highest BCUT2D eigenvalue weighted by Gasteiger charge is 2.24. The molecule has 1 aromatic carbocycles. The lowest BCUT2D eigenvalue weighted by Gasteiger charge is -2.19. The fourth-order valence-electron chi connectivity index (χ4n) is 4.12. The summed E-state index contributed by atoms with van der Waals surface area (Å²) in [4.78, 5) is 54.5. The van der Waals surface area contributed by atoms with Crippen molar-refractivity contribution in [1.82, 2.24) is 19.8 Å². The number of ether oxygens (including phenoxy) is 1. The number of nitrogens with zero attached hydrogens (tertiary/aromatic N) is 2. The molecule has 0 aliphatic rings. The van der Waals surface area contributed by atoms with Gasteiger partial charge < -0.3 is 29.8 Å². The summed E-state index contributed by atoms with van der Waals surface area (Å²) in [5, 5.41) is 6.16. The number of rotatable bonds is 11. The van der Waals surface area contributed by atoms with Gasteiger partial charge in [-0.15, -0.1) is 0 Å². The zero-order valence-corrected chi connectivity index (χ0v) is 23.1. The summed E-state index contributed by atoms with van der Waals surface area (Å²) in [7, 11) is 4.53. The number of pyridine rings is 1. The Balaban J connectivity index is 1.77. The molecule has 3 rings (SSSR count). The minimum absolute atomic E-state index is 0.0749. The molecule has 0 spiro atoms. The number of allylic oxidation sites excluding steroid dienone is 1. The van der Waals surface area contributed by atoms with Gasteiger partial charge in [-0.1, -0.05) is 38.1 Å². The van der Waals surface area contributed by atoms with Gasteiger partial charge in [-0.2, -0.15) is 0 Å². The number of fused-ring (bicyclic) bond motifs is 1. The van der Waals surface area contributed by atoms with Crippen molar-refractivity contribution in [1.29, 1.82) is 0 Å². The van der Waals surface area contributed by atoms with Gasteiger partial charge in [0.25, 0.3) is 11.5 Å². The molecule has 3 amide bonds. The predicted molar refractivity (Wildman–Crippen MR) is 152 cm³/mol. The Morgan fingerprint density at radius 2 is 1.92 bits per heavy atom. The number of para-hydroxylation sites is 1. The molecule has 208 valence electrons. The molecule has 0 saturated carbocycles. The maximum Gasteiger partial charge on any atom is 0.410 e. The predicted octanol–water partition coefficient (Wildman–Crippen LogP) is 3.66.